The first-order chi connectivity index (χ1) is 10.3. The molecule has 1 fully saturated rings. The van der Waals surface area contributed by atoms with Crippen molar-refractivity contribution >= 4 is 0 Å². The number of nitrogens with one attached hydrogen (secondary N) is 1. The first kappa shape index (κ1) is 14.4. The number of furan rings is 1. The van der Waals surface area contributed by atoms with Gasteiger partial charge in [0.2, 0.25) is 0 Å². The molecule has 1 N–H and O–H groups in total. The van der Waals surface area contributed by atoms with Gasteiger partial charge in [-0.15, -0.1) is 0 Å². The molecule has 112 valence electrons. The van der Waals surface area contributed by atoms with Gasteiger partial charge in [-0.3, -0.25) is 4.90 Å². The second kappa shape index (κ2) is 6.92. The van der Waals surface area contributed by atoms with Crippen LogP contribution in [0.3, 0.4) is 0 Å². The minimum Gasteiger partial charge on any atom is -0.468 e. The van der Waals surface area contributed by atoms with E-state index in [0.29, 0.717) is 12.1 Å². The monoisotopic (exact) mass is 284 g/mol. The zero-order chi connectivity index (χ0) is 14.5. The summed E-state index contributed by atoms with van der Waals surface area (Å²) in [7, 11) is 0. The first-order valence-corrected chi connectivity index (χ1v) is 7.87. The van der Waals surface area contributed by atoms with E-state index in [0.717, 1.165) is 31.8 Å². The highest BCUT2D eigenvalue weighted by atomic mass is 16.3. The highest BCUT2D eigenvalue weighted by molar-refractivity contribution is 5.16. The van der Waals surface area contributed by atoms with Crippen LogP contribution in [0.25, 0.3) is 0 Å². The number of nitrogens with zero attached hydrogens (tertiary/aromatic N) is 1. The van der Waals surface area contributed by atoms with Crippen LogP contribution in [0.5, 0.6) is 0 Å². The van der Waals surface area contributed by atoms with Crippen LogP contribution in [0, 0.1) is 0 Å². The summed E-state index contributed by atoms with van der Waals surface area (Å²) in [6.45, 7) is 5.53. The Morgan fingerprint density at radius 1 is 1.24 bits per heavy atom. The molecule has 0 radical (unpaired) electrons. The minimum atomic E-state index is 0.346. The summed E-state index contributed by atoms with van der Waals surface area (Å²) in [6.07, 6.45) is 4.04. The topological polar surface area (TPSA) is 28.4 Å². The number of benzene rings is 1. The lowest BCUT2D eigenvalue weighted by Crippen LogP contribution is -2.40. The third-order valence-electron chi connectivity index (χ3n) is 4.34. The number of hydrogen-bond donors (Lipinski definition) is 1. The van der Waals surface area contributed by atoms with E-state index in [1.54, 1.807) is 6.26 Å². The van der Waals surface area contributed by atoms with E-state index >= 15 is 0 Å². The second-order valence-electron chi connectivity index (χ2n) is 5.88. The summed E-state index contributed by atoms with van der Waals surface area (Å²) in [4.78, 5) is 2.53. The number of hydrogen-bond acceptors (Lipinski definition) is 3. The van der Waals surface area contributed by atoms with Crippen molar-refractivity contribution in [1.82, 2.24) is 10.2 Å². The molecular formula is C18H24N2O. The fourth-order valence-corrected chi connectivity index (χ4v) is 3.12. The van der Waals surface area contributed by atoms with Gasteiger partial charge in [-0.1, -0.05) is 30.3 Å². The van der Waals surface area contributed by atoms with Crippen molar-refractivity contribution in [3.05, 3.63) is 60.1 Å². The van der Waals surface area contributed by atoms with Crippen molar-refractivity contribution in [1.29, 1.82) is 0 Å². The van der Waals surface area contributed by atoms with Gasteiger partial charge in [0.1, 0.15) is 5.76 Å². The van der Waals surface area contributed by atoms with E-state index in [1.807, 2.05) is 6.07 Å². The molecule has 0 spiro atoms. The first-order valence-electron chi connectivity index (χ1n) is 7.87. The van der Waals surface area contributed by atoms with Gasteiger partial charge in [-0.2, -0.15) is 0 Å². The summed E-state index contributed by atoms with van der Waals surface area (Å²) in [5.74, 6) is 1.07. The molecule has 0 saturated carbocycles. The van der Waals surface area contributed by atoms with Gasteiger partial charge in [-0.05, 0) is 44.0 Å². The van der Waals surface area contributed by atoms with Crippen LogP contribution >= 0.6 is 0 Å². The lowest BCUT2D eigenvalue weighted by atomic mass is 10.1. The SMILES string of the molecule is CC(c1ccco1)N1CCCNC(Cc2ccccc2)C1. The largest absolute Gasteiger partial charge is 0.468 e. The Balaban J connectivity index is 1.66. The van der Waals surface area contributed by atoms with Crippen molar-refractivity contribution in [2.24, 2.45) is 0 Å². The molecule has 2 aromatic rings. The van der Waals surface area contributed by atoms with Crippen LogP contribution in [0.1, 0.15) is 30.7 Å². The van der Waals surface area contributed by atoms with E-state index in [4.69, 9.17) is 4.42 Å². The predicted molar refractivity (Wildman–Crippen MR) is 85.2 cm³/mol. The van der Waals surface area contributed by atoms with Crippen LogP contribution in [0.2, 0.25) is 0 Å². The molecule has 1 aromatic carbocycles. The molecule has 1 saturated heterocycles. The van der Waals surface area contributed by atoms with Crippen molar-refractivity contribution in [2.45, 2.75) is 31.8 Å². The third kappa shape index (κ3) is 3.74. The average Bonchev–Trinajstić information content (AvgIpc) is 2.95. The highest BCUT2D eigenvalue weighted by Crippen LogP contribution is 2.22. The van der Waals surface area contributed by atoms with Gasteiger partial charge >= 0.3 is 0 Å². The van der Waals surface area contributed by atoms with Gasteiger partial charge in [0.25, 0.3) is 0 Å². The van der Waals surface area contributed by atoms with Crippen molar-refractivity contribution in [2.75, 3.05) is 19.6 Å². The third-order valence-corrected chi connectivity index (χ3v) is 4.34. The Morgan fingerprint density at radius 2 is 2.10 bits per heavy atom. The summed E-state index contributed by atoms with van der Waals surface area (Å²) in [5.41, 5.74) is 1.41. The van der Waals surface area contributed by atoms with Gasteiger partial charge in [0.05, 0.1) is 12.3 Å². The van der Waals surface area contributed by atoms with Crippen molar-refractivity contribution < 1.29 is 4.42 Å². The summed E-state index contributed by atoms with van der Waals surface area (Å²) < 4.78 is 5.58. The zero-order valence-electron chi connectivity index (χ0n) is 12.7. The molecule has 3 heteroatoms. The molecule has 1 aliphatic heterocycles. The normalized spacial score (nSPS) is 21.9. The maximum absolute atomic E-state index is 5.58. The van der Waals surface area contributed by atoms with Gasteiger partial charge in [0.15, 0.2) is 0 Å². The average molecular weight is 284 g/mol. The molecule has 2 atom stereocenters. The fraction of sp³-hybridized carbons (Fsp3) is 0.444. The van der Waals surface area contributed by atoms with Crippen LogP contribution < -0.4 is 5.32 Å². The summed E-state index contributed by atoms with van der Waals surface area (Å²) in [6, 6.07) is 15.7. The molecule has 3 rings (SSSR count). The summed E-state index contributed by atoms with van der Waals surface area (Å²) >= 11 is 0. The van der Waals surface area contributed by atoms with Gasteiger partial charge < -0.3 is 9.73 Å². The molecule has 0 bridgehead atoms. The van der Waals surface area contributed by atoms with E-state index < -0.39 is 0 Å². The predicted octanol–water partition coefficient (Wildman–Crippen LogP) is 3.25. The summed E-state index contributed by atoms with van der Waals surface area (Å²) in [5, 5.41) is 3.69. The molecule has 0 amide bonds. The number of rotatable bonds is 4. The highest BCUT2D eigenvalue weighted by Gasteiger charge is 2.23. The smallest absolute Gasteiger partial charge is 0.120 e. The minimum absolute atomic E-state index is 0.346. The van der Waals surface area contributed by atoms with Gasteiger partial charge in [0, 0.05) is 19.1 Å². The zero-order valence-corrected chi connectivity index (χ0v) is 12.7. The maximum Gasteiger partial charge on any atom is 0.120 e. The lowest BCUT2D eigenvalue weighted by Gasteiger charge is -2.29. The Labute approximate surface area is 127 Å². The van der Waals surface area contributed by atoms with Crippen LogP contribution in [0.15, 0.2) is 53.1 Å². The van der Waals surface area contributed by atoms with Crippen molar-refractivity contribution in [3.8, 4) is 0 Å². The molecule has 2 heterocycles. The molecule has 1 aromatic heterocycles. The molecular weight excluding hydrogens is 260 g/mol. The Bertz CT molecular complexity index is 523. The van der Waals surface area contributed by atoms with Crippen LogP contribution in [-0.2, 0) is 6.42 Å². The maximum atomic E-state index is 5.58. The molecule has 2 unspecified atom stereocenters. The Morgan fingerprint density at radius 3 is 2.86 bits per heavy atom. The molecule has 0 aliphatic carbocycles. The van der Waals surface area contributed by atoms with E-state index in [1.165, 1.54) is 12.0 Å². The molecule has 3 nitrogen and oxygen atoms in total. The van der Waals surface area contributed by atoms with E-state index in [-0.39, 0.29) is 0 Å². The Hall–Kier alpha value is -1.58. The Kier molecular flexibility index (Phi) is 4.73. The van der Waals surface area contributed by atoms with Gasteiger partial charge in [-0.25, -0.2) is 0 Å². The lowest BCUT2D eigenvalue weighted by molar-refractivity contribution is 0.184. The van der Waals surface area contributed by atoms with E-state index in [2.05, 4.69) is 53.5 Å². The van der Waals surface area contributed by atoms with Crippen LogP contribution in [0.4, 0.5) is 0 Å². The fourth-order valence-electron chi connectivity index (χ4n) is 3.12. The standard InChI is InChI=1S/C18H24N2O/c1-15(18-9-5-12-21-18)20-11-6-10-19-17(14-20)13-16-7-3-2-4-8-16/h2-5,7-9,12,15,17,19H,6,10-11,13-14H2,1H3. The van der Waals surface area contributed by atoms with Crippen molar-refractivity contribution in [3.63, 3.8) is 0 Å². The quantitative estimate of drug-likeness (QED) is 0.934. The molecule has 21 heavy (non-hydrogen) atoms. The van der Waals surface area contributed by atoms with Crippen LogP contribution in [-0.4, -0.2) is 30.6 Å². The molecule has 1 aliphatic rings. The van der Waals surface area contributed by atoms with E-state index in [9.17, 15) is 0 Å². The second-order valence-corrected chi connectivity index (χ2v) is 5.88.